The van der Waals surface area contributed by atoms with Gasteiger partial charge in [-0.05, 0) is 49.1 Å². The van der Waals surface area contributed by atoms with Crippen LogP contribution in [0.3, 0.4) is 0 Å². The number of carbonyl (C=O) groups is 1. The van der Waals surface area contributed by atoms with Crippen LogP contribution in [-0.2, 0) is 6.54 Å². The highest BCUT2D eigenvalue weighted by Gasteiger charge is 2.22. The number of methoxy groups -OCH3 is 2. The summed E-state index contributed by atoms with van der Waals surface area (Å²) in [5.41, 5.74) is 3.31. The Kier molecular flexibility index (Phi) is 6.35. The van der Waals surface area contributed by atoms with Gasteiger partial charge in [-0.25, -0.2) is 0 Å². The first-order valence-corrected chi connectivity index (χ1v) is 9.40. The van der Waals surface area contributed by atoms with E-state index in [9.17, 15) is 4.79 Å². The number of amides is 1. The van der Waals surface area contributed by atoms with Crippen LogP contribution in [0.15, 0.2) is 42.5 Å². The third kappa shape index (κ3) is 4.80. The standard InChI is InChI=1S/C22H28N2O3/c1-16-6-4-5-7-18(16)15-24-12-10-19(11-13-24)23-22(25)17-8-9-20(26-2)21(14-17)27-3/h4-9,14,19H,10-13,15H2,1-3H3,(H,23,25). The van der Waals surface area contributed by atoms with E-state index < -0.39 is 0 Å². The number of likely N-dealkylation sites (tertiary alicyclic amines) is 1. The van der Waals surface area contributed by atoms with Gasteiger partial charge >= 0.3 is 0 Å². The highest BCUT2D eigenvalue weighted by Crippen LogP contribution is 2.27. The van der Waals surface area contributed by atoms with Crippen LogP contribution in [0.4, 0.5) is 0 Å². The van der Waals surface area contributed by atoms with Crippen LogP contribution in [0.25, 0.3) is 0 Å². The summed E-state index contributed by atoms with van der Waals surface area (Å²) in [6.45, 7) is 5.12. The molecule has 2 aromatic carbocycles. The Hall–Kier alpha value is -2.53. The second-order valence-corrected chi connectivity index (χ2v) is 7.02. The number of hydrogen-bond acceptors (Lipinski definition) is 4. The summed E-state index contributed by atoms with van der Waals surface area (Å²) >= 11 is 0. The Balaban J connectivity index is 1.53. The van der Waals surface area contributed by atoms with Gasteiger partial charge in [-0.2, -0.15) is 0 Å². The maximum Gasteiger partial charge on any atom is 0.251 e. The lowest BCUT2D eigenvalue weighted by Crippen LogP contribution is -2.44. The summed E-state index contributed by atoms with van der Waals surface area (Å²) < 4.78 is 10.5. The summed E-state index contributed by atoms with van der Waals surface area (Å²) in [5.74, 6) is 1.13. The van der Waals surface area contributed by atoms with E-state index >= 15 is 0 Å². The van der Waals surface area contributed by atoms with Gasteiger partial charge in [0.15, 0.2) is 11.5 Å². The van der Waals surface area contributed by atoms with Crippen LogP contribution in [0, 0.1) is 6.92 Å². The van der Waals surface area contributed by atoms with Crippen molar-refractivity contribution < 1.29 is 14.3 Å². The van der Waals surface area contributed by atoms with Gasteiger partial charge in [-0.15, -0.1) is 0 Å². The maximum atomic E-state index is 12.6. The van der Waals surface area contributed by atoms with Crippen LogP contribution in [0.2, 0.25) is 0 Å². The molecule has 0 aliphatic carbocycles. The van der Waals surface area contributed by atoms with Gasteiger partial charge in [0.2, 0.25) is 0 Å². The monoisotopic (exact) mass is 368 g/mol. The average Bonchev–Trinajstić information content (AvgIpc) is 2.70. The molecule has 144 valence electrons. The van der Waals surface area contributed by atoms with Gasteiger partial charge in [0.25, 0.3) is 5.91 Å². The Morgan fingerprint density at radius 1 is 1.07 bits per heavy atom. The normalized spacial score (nSPS) is 15.4. The summed E-state index contributed by atoms with van der Waals surface area (Å²) in [5, 5.41) is 3.16. The molecule has 1 aliphatic heterocycles. The quantitative estimate of drug-likeness (QED) is 0.849. The molecule has 1 amide bonds. The number of nitrogens with zero attached hydrogens (tertiary/aromatic N) is 1. The van der Waals surface area contributed by atoms with Crippen molar-refractivity contribution in [3.05, 3.63) is 59.2 Å². The largest absolute Gasteiger partial charge is 0.493 e. The zero-order chi connectivity index (χ0) is 19.2. The molecule has 0 aromatic heterocycles. The van der Waals surface area contributed by atoms with E-state index in [1.807, 2.05) is 0 Å². The number of piperidine rings is 1. The molecule has 2 aromatic rings. The van der Waals surface area contributed by atoms with Crippen molar-refractivity contribution in [3.8, 4) is 11.5 Å². The van der Waals surface area contributed by atoms with Gasteiger partial charge in [0, 0.05) is 31.2 Å². The number of ether oxygens (including phenoxy) is 2. The molecule has 5 heteroatoms. The van der Waals surface area contributed by atoms with Crippen molar-refractivity contribution in [2.75, 3.05) is 27.3 Å². The lowest BCUT2D eigenvalue weighted by atomic mass is 10.0. The van der Waals surface area contributed by atoms with Crippen LogP contribution in [-0.4, -0.2) is 44.2 Å². The van der Waals surface area contributed by atoms with E-state index in [0.717, 1.165) is 32.5 Å². The lowest BCUT2D eigenvalue weighted by molar-refractivity contribution is 0.0908. The minimum atomic E-state index is -0.0618. The van der Waals surface area contributed by atoms with Crippen molar-refractivity contribution in [1.82, 2.24) is 10.2 Å². The summed E-state index contributed by atoms with van der Waals surface area (Å²) in [7, 11) is 3.16. The van der Waals surface area contributed by atoms with Crippen LogP contribution in [0.1, 0.15) is 34.3 Å². The summed E-state index contributed by atoms with van der Waals surface area (Å²) in [4.78, 5) is 15.0. The van der Waals surface area contributed by atoms with Gasteiger partial charge in [0.1, 0.15) is 0 Å². The first-order chi connectivity index (χ1) is 13.1. The van der Waals surface area contributed by atoms with E-state index in [1.54, 1.807) is 32.4 Å². The fraction of sp³-hybridized carbons (Fsp3) is 0.409. The molecule has 3 rings (SSSR count). The molecule has 1 fully saturated rings. The Morgan fingerprint density at radius 2 is 1.78 bits per heavy atom. The van der Waals surface area contributed by atoms with E-state index in [4.69, 9.17) is 9.47 Å². The first kappa shape index (κ1) is 19.2. The molecule has 0 unspecified atom stereocenters. The molecular weight excluding hydrogens is 340 g/mol. The Bertz CT molecular complexity index is 783. The van der Waals surface area contributed by atoms with Gasteiger partial charge in [-0.1, -0.05) is 24.3 Å². The molecule has 0 bridgehead atoms. The topological polar surface area (TPSA) is 50.8 Å². The first-order valence-electron chi connectivity index (χ1n) is 9.40. The second kappa shape index (κ2) is 8.91. The fourth-order valence-electron chi connectivity index (χ4n) is 3.51. The van der Waals surface area contributed by atoms with Crippen LogP contribution < -0.4 is 14.8 Å². The molecule has 1 N–H and O–H groups in total. The molecule has 1 heterocycles. The predicted octanol–water partition coefficient (Wildman–Crippen LogP) is 3.41. The number of nitrogens with one attached hydrogen (secondary N) is 1. The molecule has 0 atom stereocenters. The molecule has 5 nitrogen and oxygen atoms in total. The molecule has 0 saturated carbocycles. The summed E-state index contributed by atoms with van der Waals surface area (Å²) in [6, 6.07) is 14.0. The van der Waals surface area contributed by atoms with Gasteiger partial charge < -0.3 is 14.8 Å². The number of aryl methyl sites for hydroxylation is 1. The molecule has 1 aliphatic rings. The SMILES string of the molecule is COc1ccc(C(=O)NC2CCN(Cc3ccccc3C)CC2)cc1OC. The minimum Gasteiger partial charge on any atom is -0.493 e. The Labute approximate surface area is 161 Å². The number of carbonyl (C=O) groups excluding carboxylic acids is 1. The summed E-state index contributed by atoms with van der Waals surface area (Å²) in [6.07, 6.45) is 1.93. The minimum absolute atomic E-state index is 0.0618. The third-order valence-corrected chi connectivity index (χ3v) is 5.22. The second-order valence-electron chi connectivity index (χ2n) is 7.02. The van der Waals surface area contributed by atoms with Crippen LogP contribution in [0.5, 0.6) is 11.5 Å². The molecular formula is C22H28N2O3. The zero-order valence-corrected chi connectivity index (χ0v) is 16.3. The lowest BCUT2D eigenvalue weighted by Gasteiger charge is -2.32. The van der Waals surface area contributed by atoms with Crippen molar-refractivity contribution in [3.63, 3.8) is 0 Å². The fourth-order valence-corrected chi connectivity index (χ4v) is 3.51. The maximum absolute atomic E-state index is 12.6. The van der Waals surface area contributed by atoms with Crippen molar-refractivity contribution in [1.29, 1.82) is 0 Å². The van der Waals surface area contributed by atoms with E-state index in [0.29, 0.717) is 17.1 Å². The van der Waals surface area contributed by atoms with E-state index in [1.165, 1.54) is 11.1 Å². The van der Waals surface area contributed by atoms with Crippen LogP contribution >= 0.6 is 0 Å². The zero-order valence-electron chi connectivity index (χ0n) is 16.3. The van der Waals surface area contributed by atoms with E-state index in [2.05, 4.69) is 41.4 Å². The molecule has 0 radical (unpaired) electrons. The van der Waals surface area contributed by atoms with Crippen molar-refractivity contribution in [2.45, 2.75) is 32.4 Å². The molecule has 0 spiro atoms. The number of hydrogen-bond donors (Lipinski definition) is 1. The van der Waals surface area contributed by atoms with E-state index in [-0.39, 0.29) is 11.9 Å². The Morgan fingerprint density at radius 3 is 2.44 bits per heavy atom. The van der Waals surface area contributed by atoms with Crippen molar-refractivity contribution in [2.24, 2.45) is 0 Å². The van der Waals surface area contributed by atoms with Gasteiger partial charge in [0.05, 0.1) is 14.2 Å². The highest BCUT2D eigenvalue weighted by atomic mass is 16.5. The average molecular weight is 368 g/mol. The number of benzene rings is 2. The highest BCUT2D eigenvalue weighted by molar-refractivity contribution is 5.95. The smallest absolute Gasteiger partial charge is 0.251 e. The molecule has 1 saturated heterocycles. The molecule has 27 heavy (non-hydrogen) atoms. The number of rotatable bonds is 6. The predicted molar refractivity (Wildman–Crippen MR) is 106 cm³/mol. The van der Waals surface area contributed by atoms with Crippen molar-refractivity contribution >= 4 is 5.91 Å². The third-order valence-electron chi connectivity index (χ3n) is 5.22. The van der Waals surface area contributed by atoms with Gasteiger partial charge in [-0.3, -0.25) is 9.69 Å².